The SMILES string of the molecule is CCCCCCCCCCCCCCCCCCC[n+]1cc(CCCCCCCCC)cc(CCCCCCCCC)c1. The lowest BCUT2D eigenvalue weighted by Crippen LogP contribution is -2.34. The molecular weight excluding hydrogens is 518 g/mol. The average molecular weight is 599 g/mol. The van der Waals surface area contributed by atoms with Crippen molar-refractivity contribution in [2.24, 2.45) is 0 Å². The van der Waals surface area contributed by atoms with Crippen LogP contribution in [0.4, 0.5) is 0 Å². The second kappa shape index (κ2) is 32.5. The van der Waals surface area contributed by atoms with Gasteiger partial charge in [0.25, 0.3) is 0 Å². The van der Waals surface area contributed by atoms with Gasteiger partial charge in [0.2, 0.25) is 0 Å². The van der Waals surface area contributed by atoms with Crippen LogP contribution in [0.15, 0.2) is 18.5 Å². The predicted molar refractivity (Wildman–Crippen MR) is 194 cm³/mol. The van der Waals surface area contributed by atoms with Gasteiger partial charge in [0.15, 0.2) is 12.4 Å². The first-order valence-corrected chi connectivity index (χ1v) is 20.3. The number of aryl methyl sites for hydroxylation is 3. The summed E-state index contributed by atoms with van der Waals surface area (Å²) >= 11 is 0. The summed E-state index contributed by atoms with van der Waals surface area (Å²) in [5, 5.41) is 0. The van der Waals surface area contributed by atoms with Gasteiger partial charge in [-0.2, -0.15) is 0 Å². The highest BCUT2D eigenvalue weighted by Gasteiger charge is 2.09. The molecule has 0 aliphatic carbocycles. The Morgan fingerprint density at radius 2 is 0.581 bits per heavy atom. The molecule has 0 atom stereocenters. The molecule has 0 bridgehead atoms. The Morgan fingerprint density at radius 3 is 0.884 bits per heavy atom. The van der Waals surface area contributed by atoms with Crippen LogP contribution in [0.2, 0.25) is 0 Å². The molecule has 0 saturated carbocycles. The first-order valence-electron chi connectivity index (χ1n) is 20.3. The third-order valence-electron chi connectivity index (χ3n) is 9.69. The number of pyridine rings is 1. The fraction of sp³-hybridized carbons (Fsp3) is 0.881. The van der Waals surface area contributed by atoms with E-state index in [2.05, 4.69) is 43.8 Å². The molecule has 252 valence electrons. The third-order valence-corrected chi connectivity index (χ3v) is 9.69. The quantitative estimate of drug-likeness (QED) is 0.0549. The molecule has 1 heteroatoms. The summed E-state index contributed by atoms with van der Waals surface area (Å²) in [5.74, 6) is 0. The van der Waals surface area contributed by atoms with E-state index in [1.807, 2.05) is 0 Å². The first-order chi connectivity index (χ1) is 21.3. The number of aromatic nitrogens is 1. The molecule has 0 aliphatic heterocycles. The smallest absolute Gasteiger partial charge is 0.171 e. The zero-order valence-corrected chi connectivity index (χ0v) is 30.2. The van der Waals surface area contributed by atoms with E-state index in [4.69, 9.17) is 0 Å². The molecule has 1 nitrogen and oxygen atoms in total. The van der Waals surface area contributed by atoms with Crippen molar-refractivity contribution in [1.82, 2.24) is 0 Å². The van der Waals surface area contributed by atoms with Crippen LogP contribution in [0, 0.1) is 0 Å². The van der Waals surface area contributed by atoms with Crippen molar-refractivity contribution in [3.63, 3.8) is 0 Å². The molecule has 1 aromatic heterocycles. The Balaban J connectivity index is 2.21. The summed E-state index contributed by atoms with van der Waals surface area (Å²) in [7, 11) is 0. The van der Waals surface area contributed by atoms with E-state index in [-0.39, 0.29) is 0 Å². The minimum atomic E-state index is 1.22. The standard InChI is InChI=1S/C42H80N/c1-4-7-10-13-16-17-18-19-20-21-22-23-24-25-28-31-34-37-43-39-41(35-32-29-26-14-11-8-5-2)38-42(40-43)36-33-30-27-15-12-9-6-3/h38-40H,4-37H2,1-3H3/q+1. The lowest BCUT2D eigenvalue weighted by molar-refractivity contribution is -0.698. The van der Waals surface area contributed by atoms with E-state index in [0.717, 1.165) is 0 Å². The number of unbranched alkanes of at least 4 members (excludes halogenated alkanes) is 28. The van der Waals surface area contributed by atoms with Crippen LogP contribution in [0.5, 0.6) is 0 Å². The number of nitrogens with zero attached hydrogens (tertiary/aromatic N) is 1. The van der Waals surface area contributed by atoms with Crippen LogP contribution < -0.4 is 4.57 Å². The third kappa shape index (κ3) is 27.2. The van der Waals surface area contributed by atoms with Gasteiger partial charge in [-0.25, -0.2) is 4.57 Å². The lowest BCUT2D eigenvalue weighted by Gasteiger charge is -2.07. The Bertz CT molecular complexity index is 643. The molecule has 1 rings (SSSR count). The second-order valence-corrected chi connectivity index (χ2v) is 14.2. The van der Waals surface area contributed by atoms with E-state index in [1.54, 1.807) is 11.1 Å². The summed E-state index contributed by atoms with van der Waals surface area (Å²) in [4.78, 5) is 0. The van der Waals surface area contributed by atoms with Gasteiger partial charge in [-0.15, -0.1) is 0 Å². The molecule has 0 aromatic carbocycles. The topological polar surface area (TPSA) is 3.88 Å². The molecule has 0 radical (unpaired) electrons. The fourth-order valence-electron chi connectivity index (χ4n) is 6.77. The summed E-state index contributed by atoms with van der Waals surface area (Å²) in [6, 6.07) is 2.55. The van der Waals surface area contributed by atoms with Crippen LogP contribution in [-0.4, -0.2) is 0 Å². The van der Waals surface area contributed by atoms with Crippen molar-refractivity contribution in [3.8, 4) is 0 Å². The van der Waals surface area contributed by atoms with Crippen molar-refractivity contribution in [2.45, 2.75) is 239 Å². The van der Waals surface area contributed by atoms with Gasteiger partial charge >= 0.3 is 0 Å². The summed E-state index contributed by atoms with van der Waals surface area (Å²) in [6.45, 7) is 8.16. The summed E-state index contributed by atoms with van der Waals surface area (Å²) in [5.41, 5.74) is 3.20. The van der Waals surface area contributed by atoms with Gasteiger partial charge in [0.1, 0.15) is 6.54 Å². The van der Waals surface area contributed by atoms with E-state index in [0.29, 0.717) is 0 Å². The van der Waals surface area contributed by atoms with Gasteiger partial charge < -0.3 is 0 Å². The van der Waals surface area contributed by atoms with Crippen molar-refractivity contribution in [1.29, 1.82) is 0 Å². The Kier molecular flexibility index (Phi) is 30.4. The van der Waals surface area contributed by atoms with Gasteiger partial charge in [-0.3, -0.25) is 0 Å². The van der Waals surface area contributed by atoms with Gasteiger partial charge in [-0.05, 0) is 38.2 Å². The Labute approximate surface area is 272 Å². The van der Waals surface area contributed by atoms with Crippen LogP contribution in [0.1, 0.15) is 231 Å². The number of hydrogen-bond acceptors (Lipinski definition) is 0. The Hall–Kier alpha value is -0.850. The Morgan fingerprint density at radius 1 is 0.326 bits per heavy atom. The van der Waals surface area contributed by atoms with E-state index in [1.165, 1.54) is 218 Å². The zero-order chi connectivity index (χ0) is 30.9. The number of rotatable bonds is 34. The highest BCUT2D eigenvalue weighted by molar-refractivity contribution is 5.15. The van der Waals surface area contributed by atoms with Crippen LogP contribution in [0.3, 0.4) is 0 Å². The highest BCUT2D eigenvalue weighted by Crippen LogP contribution is 2.16. The van der Waals surface area contributed by atoms with E-state index < -0.39 is 0 Å². The summed E-state index contributed by atoms with van der Waals surface area (Å²) < 4.78 is 2.57. The van der Waals surface area contributed by atoms with Gasteiger partial charge in [0, 0.05) is 17.5 Å². The lowest BCUT2D eigenvalue weighted by atomic mass is 10.0. The molecular formula is C42H80N+. The second-order valence-electron chi connectivity index (χ2n) is 14.2. The zero-order valence-electron chi connectivity index (χ0n) is 30.2. The monoisotopic (exact) mass is 599 g/mol. The molecule has 0 aliphatic rings. The molecule has 1 aromatic rings. The minimum absolute atomic E-state index is 1.22. The maximum Gasteiger partial charge on any atom is 0.171 e. The van der Waals surface area contributed by atoms with Crippen molar-refractivity contribution in [3.05, 3.63) is 29.6 Å². The minimum Gasteiger partial charge on any atom is -0.205 e. The maximum absolute atomic E-state index is 2.57. The van der Waals surface area contributed by atoms with Crippen LogP contribution in [0.25, 0.3) is 0 Å². The molecule has 0 spiro atoms. The van der Waals surface area contributed by atoms with Gasteiger partial charge in [-0.1, -0.05) is 194 Å². The molecule has 0 unspecified atom stereocenters. The fourth-order valence-corrected chi connectivity index (χ4v) is 6.77. The maximum atomic E-state index is 2.57. The van der Waals surface area contributed by atoms with E-state index >= 15 is 0 Å². The van der Waals surface area contributed by atoms with Crippen LogP contribution >= 0.6 is 0 Å². The largest absolute Gasteiger partial charge is 0.205 e. The molecule has 0 N–H and O–H groups in total. The molecule has 1 heterocycles. The van der Waals surface area contributed by atoms with Crippen molar-refractivity contribution >= 4 is 0 Å². The van der Waals surface area contributed by atoms with Crippen molar-refractivity contribution < 1.29 is 4.57 Å². The number of hydrogen-bond donors (Lipinski definition) is 0. The van der Waals surface area contributed by atoms with E-state index in [9.17, 15) is 0 Å². The van der Waals surface area contributed by atoms with Gasteiger partial charge in [0.05, 0.1) is 0 Å². The average Bonchev–Trinajstić information content (AvgIpc) is 3.01. The molecule has 0 amide bonds. The normalized spacial score (nSPS) is 11.5. The molecule has 0 saturated heterocycles. The van der Waals surface area contributed by atoms with Crippen LogP contribution in [-0.2, 0) is 19.4 Å². The molecule has 43 heavy (non-hydrogen) atoms. The predicted octanol–water partition coefficient (Wildman–Crippen LogP) is 14.2. The molecule has 0 fully saturated rings. The first kappa shape index (κ1) is 40.2. The van der Waals surface area contributed by atoms with Crippen molar-refractivity contribution in [2.75, 3.05) is 0 Å². The highest BCUT2D eigenvalue weighted by atomic mass is 14.9. The summed E-state index contributed by atoms with van der Waals surface area (Å²) in [6.07, 6.45) is 51.9.